The number of halogens is 2. The van der Waals surface area contributed by atoms with E-state index >= 15 is 0 Å². The molecule has 2 atom stereocenters. The largest absolute Gasteiger partial charge is 0.496 e. The van der Waals surface area contributed by atoms with E-state index in [1.807, 2.05) is 24.3 Å². The highest BCUT2D eigenvalue weighted by Gasteiger charge is 2.46. The lowest BCUT2D eigenvalue weighted by Gasteiger charge is -2.18. The summed E-state index contributed by atoms with van der Waals surface area (Å²) in [5, 5.41) is 0. The quantitative estimate of drug-likeness (QED) is 0.835. The molecule has 1 aliphatic carbocycles. The Labute approximate surface area is 139 Å². The SMILES string of the molecule is COc1ccccc1[C@@H]1C[C@H]1C(=O)N(C)Cc1cc(F)cc(F)c1. The van der Waals surface area contributed by atoms with Crippen molar-refractivity contribution in [2.75, 3.05) is 14.2 Å². The zero-order valence-electron chi connectivity index (χ0n) is 13.6. The highest BCUT2D eigenvalue weighted by Crippen LogP contribution is 2.51. The van der Waals surface area contributed by atoms with Crippen LogP contribution in [-0.4, -0.2) is 25.0 Å². The maximum Gasteiger partial charge on any atom is 0.226 e. The number of rotatable bonds is 5. The van der Waals surface area contributed by atoms with Gasteiger partial charge in [0.1, 0.15) is 17.4 Å². The Kier molecular flexibility index (Phi) is 4.51. The van der Waals surface area contributed by atoms with E-state index in [1.165, 1.54) is 17.0 Å². The third-order valence-corrected chi connectivity index (χ3v) is 4.36. The molecule has 2 aromatic rings. The van der Waals surface area contributed by atoms with Crippen molar-refractivity contribution in [2.45, 2.75) is 18.9 Å². The van der Waals surface area contributed by atoms with Crippen LogP contribution in [0.4, 0.5) is 8.78 Å². The minimum absolute atomic E-state index is 0.0180. The van der Waals surface area contributed by atoms with Crippen molar-refractivity contribution in [3.63, 3.8) is 0 Å². The van der Waals surface area contributed by atoms with E-state index < -0.39 is 11.6 Å². The molecular weight excluding hydrogens is 312 g/mol. The highest BCUT2D eigenvalue weighted by atomic mass is 19.1. The Balaban J connectivity index is 1.67. The maximum absolute atomic E-state index is 13.3. The van der Waals surface area contributed by atoms with E-state index in [2.05, 4.69) is 0 Å². The van der Waals surface area contributed by atoms with E-state index in [-0.39, 0.29) is 24.3 Å². The van der Waals surface area contributed by atoms with Crippen LogP contribution >= 0.6 is 0 Å². The van der Waals surface area contributed by atoms with Gasteiger partial charge in [-0.3, -0.25) is 4.79 Å². The first-order valence-corrected chi connectivity index (χ1v) is 7.82. The van der Waals surface area contributed by atoms with Crippen LogP contribution in [0.2, 0.25) is 0 Å². The zero-order chi connectivity index (χ0) is 17.3. The molecule has 2 aromatic carbocycles. The van der Waals surface area contributed by atoms with E-state index in [0.717, 1.165) is 23.8 Å². The van der Waals surface area contributed by atoms with Crippen molar-refractivity contribution in [2.24, 2.45) is 5.92 Å². The number of ether oxygens (including phenoxy) is 1. The summed E-state index contributed by atoms with van der Waals surface area (Å²) in [5.41, 5.74) is 1.47. The van der Waals surface area contributed by atoms with Crippen molar-refractivity contribution < 1.29 is 18.3 Å². The Hall–Kier alpha value is -2.43. The number of amides is 1. The van der Waals surface area contributed by atoms with Gasteiger partial charge in [0.2, 0.25) is 5.91 Å². The van der Waals surface area contributed by atoms with Gasteiger partial charge >= 0.3 is 0 Å². The van der Waals surface area contributed by atoms with Crippen LogP contribution in [0.5, 0.6) is 5.75 Å². The number of carbonyl (C=O) groups is 1. The van der Waals surface area contributed by atoms with Crippen LogP contribution in [0.25, 0.3) is 0 Å². The molecule has 126 valence electrons. The Morgan fingerprint density at radius 3 is 2.54 bits per heavy atom. The van der Waals surface area contributed by atoms with Crippen LogP contribution in [-0.2, 0) is 11.3 Å². The fraction of sp³-hybridized carbons (Fsp3) is 0.316. The number of benzene rings is 2. The van der Waals surface area contributed by atoms with E-state index in [9.17, 15) is 13.6 Å². The van der Waals surface area contributed by atoms with Gasteiger partial charge in [-0.2, -0.15) is 0 Å². The van der Waals surface area contributed by atoms with E-state index in [1.54, 1.807) is 14.2 Å². The molecule has 3 nitrogen and oxygen atoms in total. The van der Waals surface area contributed by atoms with Crippen LogP contribution in [0.3, 0.4) is 0 Å². The highest BCUT2D eigenvalue weighted by molar-refractivity contribution is 5.83. The Morgan fingerprint density at radius 1 is 1.21 bits per heavy atom. The van der Waals surface area contributed by atoms with Gasteiger partial charge in [0, 0.05) is 25.6 Å². The van der Waals surface area contributed by atoms with Gasteiger partial charge in [0.05, 0.1) is 7.11 Å². The molecule has 3 rings (SSSR count). The van der Waals surface area contributed by atoms with Gasteiger partial charge < -0.3 is 9.64 Å². The second-order valence-electron chi connectivity index (χ2n) is 6.16. The van der Waals surface area contributed by atoms with Crippen molar-refractivity contribution in [3.8, 4) is 5.75 Å². The molecule has 0 saturated heterocycles. The van der Waals surface area contributed by atoms with Crippen LogP contribution in [0.15, 0.2) is 42.5 Å². The smallest absolute Gasteiger partial charge is 0.226 e. The fourth-order valence-electron chi connectivity index (χ4n) is 3.12. The fourth-order valence-corrected chi connectivity index (χ4v) is 3.12. The molecule has 1 amide bonds. The Bertz CT molecular complexity index is 743. The monoisotopic (exact) mass is 331 g/mol. The lowest BCUT2D eigenvalue weighted by Crippen LogP contribution is -2.28. The van der Waals surface area contributed by atoms with Gasteiger partial charge in [-0.15, -0.1) is 0 Å². The molecule has 0 N–H and O–H groups in total. The first kappa shape index (κ1) is 16.4. The molecular formula is C19H19F2NO2. The lowest BCUT2D eigenvalue weighted by atomic mass is 10.1. The number of para-hydroxylation sites is 1. The predicted octanol–water partition coefficient (Wildman–Crippen LogP) is 3.74. The number of methoxy groups -OCH3 is 1. The molecule has 0 unspecified atom stereocenters. The predicted molar refractivity (Wildman–Crippen MR) is 86.7 cm³/mol. The summed E-state index contributed by atoms with van der Waals surface area (Å²) in [7, 11) is 3.27. The molecule has 1 saturated carbocycles. The molecule has 0 radical (unpaired) electrons. The summed E-state index contributed by atoms with van der Waals surface area (Å²) in [6.07, 6.45) is 0.765. The van der Waals surface area contributed by atoms with Crippen molar-refractivity contribution in [1.29, 1.82) is 0 Å². The summed E-state index contributed by atoms with van der Waals surface area (Å²) in [6.45, 7) is 0.183. The van der Waals surface area contributed by atoms with Crippen molar-refractivity contribution in [1.82, 2.24) is 4.90 Å². The summed E-state index contributed by atoms with van der Waals surface area (Å²) in [4.78, 5) is 14.1. The second kappa shape index (κ2) is 6.59. The number of hydrogen-bond acceptors (Lipinski definition) is 2. The first-order chi connectivity index (χ1) is 11.5. The van der Waals surface area contributed by atoms with E-state index in [4.69, 9.17) is 4.74 Å². The topological polar surface area (TPSA) is 29.5 Å². The molecule has 0 bridgehead atoms. The molecule has 0 heterocycles. The van der Waals surface area contributed by atoms with Gasteiger partial charge in [0.25, 0.3) is 0 Å². The summed E-state index contributed by atoms with van der Waals surface area (Å²) < 4.78 is 31.9. The standard InChI is InChI=1S/C19H19F2NO2/c1-22(11-12-7-13(20)9-14(21)8-12)19(23)17-10-16(17)15-5-3-4-6-18(15)24-2/h3-9,16-17H,10-11H2,1-2H3/t16-,17+/m0/s1. The summed E-state index contributed by atoms with van der Waals surface area (Å²) in [5.74, 6) is -0.471. The third-order valence-electron chi connectivity index (χ3n) is 4.36. The minimum Gasteiger partial charge on any atom is -0.496 e. The summed E-state index contributed by atoms with van der Waals surface area (Å²) in [6, 6.07) is 11.0. The average Bonchev–Trinajstić information content (AvgIpc) is 3.33. The molecule has 1 aliphatic rings. The van der Waals surface area contributed by atoms with Crippen LogP contribution in [0.1, 0.15) is 23.5 Å². The van der Waals surface area contributed by atoms with Gasteiger partial charge in [-0.25, -0.2) is 8.78 Å². The average molecular weight is 331 g/mol. The number of nitrogens with zero attached hydrogens (tertiary/aromatic N) is 1. The normalized spacial score (nSPS) is 19.0. The van der Waals surface area contributed by atoms with Crippen molar-refractivity contribution >= 4 is 5.91 Å². The molecule has 24 heavy (non-hydrogen) atoms. The molecule has 5 heteroatoms. The number of hydrogen-bond donors (Lipinski definition) is 0. The minimum atomic E-state index is -0.635. The van der Waals surface area contributed by atoms with Gasteiger partial charge in [0.15, 0.2) is 0 Å². The van der Waals surface area contributed by atoms with Gasteiger partial charge in [-0.05, 0) is 41.7 Å². The van der Waals surface area contributed by atoms with E-state index in [0.29, 0.717) is 5.56 Å². The maximum atomic E-state index is 13.3. The third kappa shape index (κ3) is 3.40. The zero-order valence-corrected chi connectivity index (χ0v) is 13.6. The molecule has 0 aliphatic heterocycles. The molecule has 0 spiro atoms. The lowest BCUT2D eigenvalue weighted by molar-refractivity contribution is -0.131. The second-order valence-corrected chi connectivity index (χ2v) is 6.16. The summed E-state index contributed by atoms with van der Waals surface area (Å²) >= 11 is 0. The van der Waals surface area contributed by atoms with Gasteiger partial charge in [-0.1, -0.05) is 18.2 Å². The van der Waals surface area contributed by atoms with Crippen LogP contribution < -0.4 is 4.74 Å². The van der Waals surface area contributed by atoms with Crippen LogP contribution in [0, 0.1) is 17.6 Å². The number of carbonyl (C=O) groups excluding carboxylic acids is 1. The van der Waals surface area contributed by atoms with Crippen molar-refractivity contribution in [3.05, 3.63) is 65.2 Å². The molecule has 0 aromatic heterocycles. The Morgan fingerprint density at radius 2 is 1.88 bits per heavy atom. The molecule has 1 fully saturated rings. The first-order valence-electron chi connectivity index (χ1n) is 7.82.